The van der Waals surface area contributed by atoms with Crippen molar-refractivity contribution in [1.82, 2.24) is 15.2 Å². The zero-order valence-electron chi connectivity index (χ0n) is 16.3. The maximum Gasteiger partial charge on any atom is 0.242 e. The van der Waals surface area contributed by atoms with Gasteiger partial charge in [0.25, 0.3) is 0 Å². The van der Waals surface area contributed by atoms with Crippen LogP contribution in [0.1, 0.15) is 31.9 Å². The number of nitrogens with one attached hydrogen (secondary N) is 1. The Labute approximate surface area is 160 Å². The van der Waals surface area contributed by atoms with E-state index in [-0.39, 0.29) is 17.7 Å². The van der Waals surface area contributed by atoms with Gasteiger partial charge in [0.2, 0.25) is 11.8 Å². The first kappa shape index (κ1) is 20.4. The second kappa shape index (κ2) is 9.71. The number of hydrogen-bond donors (Lipinski definition) is 1. The monoisotopic (exact) mass is 369 g/mol. The second-order valence-corrected chi connectivity index (χ2v) is 6.72. The maximum atomic E-state index is 12.7. The molecular weight excluding hydrogens is 342 g/mol. The van der Waals surface area contributed by atoms with Crippen LogP contribution in [0.5, 0.6) is 5.75 Å². The van der Waals surface area contributed by atoms with E-state index in [1.54, 1.807) is 31.3 Å². The average Bonchev–Trinajstić information content (AvgIpc) is 2.70. The van der Waals surface area contributed by atoms with Crippen LogP contribution in [0.2, 0.25) is 0 Å². The Hall–Kier alpha value is -2.89. The Bertz CT molecular complexity index is 745. The van der Waals surface area contributed by atoms with Gasteiger partial charge in [-0.3, -0.25) is 14.6 Å². The van der Waals surface area contributed by atoms with Gasteiger partial charge in [-0.15, -0.1) is 0 Å². The third kappa shape index (κ3) is 5.81. The minimum absolute atomic E-state index is 0.0580. The van der Waals surface area contributed by atoms with Crippen LogP contribution in [0.4, 0.5) is 0 Å². The number of pyridine rings is 1. The van der Waals surface area contributed by atoms with Gasteiger partial charge in [-0.05, 0) is 42.3 Å². The SMILES string of the molecule is COc1ccc(CN(C(=O)C(C)C)[C@@H](C)C(=O)NCc2ccncc2)cc1. The molecule has 0 fully saturated rings. The van der Waals surface area contributed by atoms with Gasteiger partial charge in [0, 0.05) is 31.4 Å². The van der Waals surface area contributed by atoms with Crippen LogP contribution in [0, 0.1) is 5.92 Å². The van der Waals surface area contributed by atoms with Crippen molar-refractivity contribution in [2.75, 3.05) is 7.11 Å². The summed E-state index contributed by atoms with van der Waals surface area (Å²) in [7, 11) is 1.61. The summed E-state index contributed by atoms with van der Waals surface area (Å²) in [5.74, 6) is 0.314. The summed E-state index contributed by atoms with van der Waals surface area (Å²) in [6.45, 7) is 6.20. The quantitative estimate of drug-likeness (QED) is 0.777. The molecule has 1 N–H and O–H groups in total. The van der Waals surface area contributed by atoms with E-state index in [0.29, 0.717) is 13.1 Å². The van der Waals surface area contributed by atoms with Crippen LogP contribution in [-0.2, 0) is 22.7 Å². The van der Waals surface area contributed by atoms with Crippen LogP contribution in [0.15, 0.2) is 48.8 Å². The maximum absolute atomic E-state index is 12.7. The number of ether oxygens (including phenoxy) is 1. The van der Waals surface area contributed by atoms with Gasteiger partial charge in [0.1, 0.15) is 11.8 Å². The first-order chi connectivity index (χ1) is 12.9. The number of amides is 2. The lowest BCUT2D eigenvalue weighted by atomic mass is 10.1. The molecule has 0 bridgehead atoms. The highest BCUT2D eigenvalue weighted by Crippen LogP contribution is 2.16. The molecule has 0 aliphatic rings. The molecule has 144 valence electrons. The Morgan fingerprint density at radius 2 is 1.67 bits per heavy atom. The van der Waals surface area contributed by atoms with Gasteiger partial charge < -0.3 is 15.0 Å². The van der Waals surface area contributed by atoms with Gasteiger partial charge in [-0.25, -0.2) is 0 Å². The van der Waals surface area contributed by atoms with Crippen LogP contribution in [0.3, 0.4) is 0 Å². The summed E-state index contributed by atoms with van der Waals surface area (Å²) in [5, 5.41) is 2.90. The zero-order valence-corrected chi connectivity index (χ0v) is 16.3. The minimum atomic E-state index is -0.580. The summed E-state index contributed by atoms with van der Waals surface area (Å²) < 4.78 is 5.17. The Morgan fingerprint density at radius 3 is 2.22 bits per heavy atom. The van der Waals surface area contributed by atoms with Gasteiger partial charge >= 0.3 is 0 Å². The predicted molar refractivity (Wildman–Crippen MR) is 104 cm³/mol. The molecular formula is C21H27N3O3. The third-order valence-corrected chi connectivity index (χ3v) is 4.35. The standard InChI is InChI=1S/C21H27N3O3/c1-15(2)21(26)24(14-18-5-7-19(27-4)8-6-18)16(3)20(25)23-13-17-9-11-22-12-10-17/h5-12,15-16H,13-14H2,1-4H3,(H,23,25)/t16-/m0/s1. The molecule has 1 atom stereocenters. The fourth-order valence-electron chi connectivity index (χ4n) is 2.64. The average molecular weight is 369 g/mol. The molecule has 2 rings (SSSR count). The highest BCUT2D eigenvalue weighted by atomic mass is 16.5. The summed E-state index contributed by atoms with van der Waals surface area (Å²) in [4.78, 5) is 30.9. The van der Waals surface area contributed by atoms with Crippen molar-refractivity contribution in [3.63, 3.8) is 0 Å². The first-order valence-corrected chi connectivity index (χ1v) is 9.02. The fourth-order valence-corrected chi connectivity index (χ4v) is 2.64. The molecule has 6 nitrogen and oxygen atoms in total. The van der Waals surface area contributed by atoms with E-state index in [1.165, 1.54) is 0 Å². The second-order valence-electron chi connectivity index (χ2n) is 6.72. The lowest BCUT2D eigenvalue weighted by molar-refractivity contribution is -0.143. The molecule has 0 spiro atoms. The largest absolute Gasteiger partial charge is 0.497 e. The lowest BCUT2D eigenvalue weighted by Crippen LogP contribution is -2.48. The van der Waals surface area contributed by atoms with Crippen LogP contribution < -0.4 is 10.1 Å². The molecule has 2 aromatic rings. The van der Waals surface area contributed by atoms with Gasteiger partial charge in [0.05, 0.1) is 7.11 Å². The summed E-state index contributed by atoms with van der Waals surface area (Å²) in [5.41, 5.74) is 1.90. The molecule has 6 heteroatoms. The number of carbonyl (C=O) groups is 2. The molecule has 0 radical (unpaired) electrons. The van der Waals surface area contributed by atoms with Crippen LogP contribution in [0.25, 0.3) is 0 Å². The van der Waals surface area contributed by atoms with Gasteiger partial charge in [-0.2, -0.15) is 0 Å². The summed E-state index contributed by atoms with van der Waals surface area (Å²) >= 11 is 0. The van der Waals surface area contributed by atoms with Crippen LogP contribution in [-0.4, -0.2) is 34.8 Å². The normalized spacial score (nSPS) is 11.7. The van der Waals surface area contributed by atoms with Crippen molar-refractivity contribution in [3.05, 3.63) is 59.9 Å². The number of aromatic nitrogens is 1. The number of nitrogens with zero attached hydrogens (tertiary/aromatic N) is 2. The zero-order chi connectivity index (χ0) is 19.8. The number of carbonyl (C=O) groups excluding carboxylic acids is 2. The molecule has 0 unspecified atom stereocenters. The van der Waals surface area contributed by atoms with Gasteiger partial charge in [0.15, 0.2) is 0 Å². The van der Waals surface area contributed by atoms with E-state index in [1.807, 2.05) is 50.2 Å². The number of benzene rings is 1. The minimum Gasteiger partial charge on any atom is -0.497 e. The number of hydrogen-bond acceptors (Lipinski definition) is 4. The Kier molecular flexibility index (Phi) is 7.34. The summed E-state index contributed by atoms with van der Waals surface area (Å²) in [6.07, 6.45) is 3.37. The first-order valence-electron chi connectivity index (χ1n) is 9.02. The van der Waals surface area contributed by atoms with E-state index < -0.39 is 6.04 Å². The predicted octanol–water partition coefficient (Wildman–Crippen LogP) is 2.78. The number of rotatable bonds is 8. The molecule has 0 aliphatic carbocycles. The topological polar surface area (TPSA) is 71.5 Å². The fraction of sp³-hybridized carbons (Fsp3) is 0.381. The molecule has 27 heavy (non-hydrogen) atoms. The summed E-state index contributed by atoms with van der Waals surface area (Å²) in [6, 6.07) is 10.6. The molecule has 1 heterocycles. The molecule has 1 aromatic heterocycles. The van der Waals surface area contributed by atoms with Crippen molar-refractivity contribution in [2.45, 2.75) is 39.9 Å². The molecule has 0 saturated heterocycles. The van der Waals surface area contributed by atoms with Crippen molar-refractivity contribution in [2.24, 2.45) is 5.92 Å². The van der Waals surface area contributed by atoms with Crippen molar-refractivity contribution in [1.29, 1.82) is 0 Å². The molecule has 0 aliphatic heterocycles. The van der Waals surface area contributed by atoms with E-state index in [9.17, 15) is 9.59 Å². The molecule has 2 amide bonds. The van der Waals surface area contributed by atoms with Crippen molar-refractivity contribution < 1.29 is 14.3 Å². The van der Waals surface area contributed by atoms with E-state index >= 15 is 0 Å². The third-order valence-electron chi connectivity index (χ3n) is 4.35. The van der Waals surface area contributed by atoms with E-state index in [2.05, 4.69) is 10.3 Å². The Balaban J connectivity index is 2.09. The molecule has 1 aromatic carbocycles. The smallest absolute Gasteiger partial charge is 0.242 e. The van der Waals surface area contributed by atoms with Crippen LogP contribution >= 0.6 is 0 Å². The highest BCUT2D eigenvalue weighted by Gasteiger charge is 2.27. The van der Waals surface area contributed by atoms with Crippen molar-refractivity contribution >= 4 is 11.8 Å². The van der Waals surface area contributed by atoms with Crippen molar-refractivity contribution in [3.8, 4) is 5.75 Å². The van der Waals surface area contributed by atoms with E-state index in [4.69, 9.17) is 4.74 Å². The Morgan fingerprint density at radius 1 is 1.04 bits per heavy atom. The number of methoxy groups -OCH3 is 1. The van der Waals surface area contributed by atoms with E-state index in [0.717, 1.165) is 16.9 Å². The van der Waals surface area contributed by atoms with Gasteiger partial charge in [-0.1, -0.05) is 26.0 Å². The highest BCUT2D eigenvalue weighted by molar-refractivity contribution is 5.88. The molecule has 0 saturated carbocycles. The lowest BCUT2D eigenvalue weighted by Gasteiger charge is -2.30.